The summed E-state index contributed by atoms with van der Waals surface area (Å²) in [5.74, 6) is -0.183. The van der Waals surface area contributed by atoms with Gasteiger partial charge in [-0.3, -0.25) is 0 Å². The molecule has 0 aliphatic heterocycles. The van der Waals surface area contributed by atoms with Crippen LogP contribution in [0.5, 0.6) is 0 Å². The van der Waals surface area contributed by atoms with Gasteiger partial charge in [-0.15, -0.1) is 0 Å². The molecule has 8 heteroatoms. The fourth-order valence-corrected chi connectivity index (χ4v) is 4.17. The quantitative estimate of drug-likeness (QED) is 0.732. The van der Waals surface area contributed by atoms with Crippen LogP contribution < -0.4 is 5.32 Å². The molecule has 0 spiro atoms. The molecule has 0 atom stereocenters. The van der Waals surface area contributed by atoms with Crippen molar-refractivity contribution in [2.75, 3.05) is 20.3 Å². The van der Waals surface area contributed by atoms with Crippen LogP contribution in [0.2, 0.25) is 5.02 Å². The summed E-state index contributed by atoms with van der Waals surface area (Å²) < 4.78 is 32.4. The Kier molecular flexibility index (Phi) is 6.79. The van der Waals surface area contributed by atoms with Gasteiger partial charge in [0.2, 0.25) is 15.0 Å². The van der Waals surface area contributed by atoms with E-state index >= 15 is 0 Å². The van der Waals surface area contributed by atoms with Crippen LogP contribution in [0.4, 0.5) is 0 Å². The van der Waals surface area contributed by atoms with Crippen LogP contribution in [0.25, 0.3) is 0 Å². The minimum absolute atomic E-state index is 0.0485. The maximum absolute atomic E-state index is 12.8. The Morgan fingerprint density at radius 2 is 2.08 bits per heavy atom. The Labute approximate surface area is 147 Å². The molecule has 1 aromatic heterocycles. The largest absolute Gasteiger partial charge is 0.383 e. The molecule has 0 bridgehead atoms. The summed E-state index contributed by atoms with van der Waals surface area (Å²) in [6, 6.07) is 6.93. The zero-order valence-corrected chi connectivity index (χ0v) is 15.4. The van der Waals surface area contributed by atoms with Gasteiger partial charge >= 0.3 is 0 Å². The lowest BCUT2D eigenvalue weighted by atomic mass is 10.2. The summed E-state index contributed by atoms with van der Waals surface area (Å²) in [6.45, 7) is 4.16. The molecule has 1 aromatic carbocycles. The van der Waals surface area contributed by atoms with Gasteiger partial charge in [0.05, 0.1) is 24.3 Å². The molecule has 0 fully saturated rings. The molecule has 0 radical (unpaired) electrons. The highest BCUT2D eigenvalue weighted by Gasteiger charge is 2.24. The minimum atomic E-state index is -3.62. The number of hydrogen-bond acceptors (Lipinski definition) is 5. The summed E-state index contributed by atoms with van der Waals surface area (Å²) in [4.78, 5) is 4.16. The maximum Gasteiger partial charge on any atom is 0.228 e. The van der Waals surface area contributed by atoms with E-state index in [1.807, 2.05) is 6.92 Å². The van der Waals surface area contributed by atoms with E-state index in [2.05, 4.69) is 10.3 Å². The van der Waals surface area contributed by atoms with Gasteiger partial charge in [0.25, 0.3) is 0 Å². The zero-order valence-electron chi connectivity index (χ0n) is 13.8. The molecule has 0 saturated heterocycles. The number of nitrogens with one attached hydrogen (secondary N) is 1. The number of methoxy groups -OCH3 is 1. The number of rotatable bonds is 9. The van der Waals surface area contributed by atoms with Crippen LogP contribution in [-0.4, -0.2) is 38.2 Å². The number of halogens is 1. The standard InChI is InChI=1S/C16H22ClN3O3S/c1-3-18-10-14-11-19-16(20(14)8-9-23-2)24(21,22)12-13-6-4-5-7-15(13)17/h4-7,11,18H,3,8-10,12H2,1-2H3. The number of imidazole rings is 1. The van der Waals surface area contributed by atoms with Crippen molar-refractivity contribution in [2.24, 2.45) is 0 Å². The summed E-state index contributed by atoms with van der Waals surface area (Å²) in [5.41, 5.74) is 1.38. The van der Waals surface area contributed by atoms with Crippen LogP contribution in [0.1, 0.15) is 18.2 Å². The van der Waals surface area contributed by atoms with E-state index in [0.29, 0.717) is 30.3 Å². The predicted octanol–water partition coefficient (Wildman–Crippen LogP) is 2.27. The Morgan fingerprint density at radius 1 is 1.33 bits per heavy atom. The highest BCUT2D eigenvalue weighted by atomic mass is 35.5. The summed E-state index contributed by atoms with van der Waals surface area (Å²) in [6.07, 6.45) is 1.60. The van der Waals surface area contributed by atoms with E-state index in [1.54, 1.807) is 42.1 Å². The normalized spacial score (nSPS) is 11.8. The average molecular weight is 372 g/mol. The highest BCUT2D eigenvalue weighted by Crippen LogP contribution is 2.22. The second kappa shape index (κ2) is 8.62. The van der Waals surface area contributed by atoms with Crippen LogP contribution in [-0.2, 0) is 33.4 Å². The predicted molar refractivity (Wildman–Crippen MR) is 93.8 cm³/mol. The van der Waals surface area contributed by atoms with Gasteiger partial charge in [-0.25, -0.2) is 13.4 Å². The van der Waals surface area contributed by atoms with Crippen LogP contribution in [0, 0.1) is 0 Å². The van der Waals surface area contributed by atoms with Gasteiger partial charge < -0.3 is 14.6 Å². The summed E-state index contributed by atoms with van der Waals surface area (Å²) >= 11 is 6.09. The number of ether oxygens (including phenoxy) is 1. The number of sulfone groups is 1. The molecule has 0 amide bonds. The van der Waals surface area contributed by atoms with Gasteiger partial charge in [0.1, 0.15) is 0 Å². The molecule has 6 nitrogen and oxygen atoms in total. The molecule has 1 N–H and O–H groups in total. The SMILES string of the molecule is CCNCc1cnc(S(=O)(=O)Cc2ccccc2Cl)n1CCOC. The Bertz CT molecular complexity index is 775. The molecule has 2 aromatic rings. The first-order valence-electron chi connectivity index (χ1n) is 7.69. The van der Waals surface area contributed by atoms with E-state index in [1.165, 1.54) is 0 Å². The van der Waals surface area contributed by atoms with Gasteiger partial charge in [-0.1, -0.05) is 36.7 Å². The Balaban J connectivity index is 2.34. The van der Waals surface area contributed by atoms with Crippen molar-refractivity contribution in [3.05, 3.63) is 46.7 Å². The zero-order chi connectivity index (χ0) is 17.6. The molecule has 0 unspecified atom stereocenters. The number of nitrogens with zero attached hydrogens (tertiary/aromatic N) is 2. The molecule has 2 rings (SSSR count). The van der Waals surface area contributed by atoms with E-state index in [9.17, 15) is 8.42 Å². The Hall–Kier alpha value is -1.41. The Morgan fingerprint density at radius 3 is 2.75 bits per heavy atom. The van der Waals surface area contributed by atoms with Gasteiger partial charge in [0, 0.05) is 25.2 Å². The van der Waals surface area contributed by atoms with Gasteiger partial charge in [-0.2, -0.15) is 0 Å². The first-order valence-corrected chi connectivity index (χ1v) is 9.72. The number of hydrogen-bond donors (Lipinski definition) is 1. The van der Waals surface area contributed by atoms with Crippen molar-refractivity contribution in [3.63, 3.8) is 0 Å². The fraction of sp³-hybridized carbons (Fsp3) is 0.438. The molecular weight excluding hydrogens is 350 g/mol. The summed E-state index contributed by atoms with van der Waals surface area (Å²) in [5, 5.41) is 3.67. The first kappa shape index (κ1) is 18.9. The maximum atomic E-state index is 12.8. The molecule has 1 heterocycles. The number of benzene rings is 1. The lowest BCUT2D eigenvalue weighted by molar-refractivity contribution is 0.183. The monoisotopic (exact) mass is 371 g/mol. The molecule has 0 aliphatic carbocycles. The van der Waals surface area contributed by atoms with Crippen molar-refractivity contribution in [3.8, 4) is 0 Å². The molecule has 132 valence electrons. The molecular formula is C16H22ClN3O3S. The second-order valence-electron chi connectivity index (χ2n) is 5.31. The average Bonchev–Trinajstić information content (AvgIpc) is 2.96. The molecule has 0 aliphatic rings. The van der Waals surface area contributed by atoms with E-state index < -0.39 is 9.84 Å². The van der Waals surface area contributed by atoms with Gasteiger partial charge in [-0.05, 0) is 18.2 Å². The minimum Gasteiger partial charge on any atom is -0.383 e. The summed E-state index contributed by atoms with van der Waals surface area (Å²) in [7, 11) is -2.03. The third-order valence-electron chi connectivity index (χ3n) is 3.56. The highest BCUT2D eigenvalue weighted by molar-refractivity contribution is 7.90. The molecule has 24 heavy (non-hydrogen) atoms. The van der Waals surface area contributed by atoms with E-state index in [4.69, 9.17) is 16.3 Å². The second-order valence-corrected chi connectivity index (χ2v) is 7.60. The van der Waals surface area contributed by atoms with Crippen molar-refractivity contribution in [2.45, 2.75) is 30.9 Å². The van der Waals surface area contributed by atoms with Crippen molar-refractivity contribution >= 4 is 21.4 Å². The number of aromatic nitrogens is 2. The third kappa shape index (κ3) is 4.57. The van der Waals surface area contributed by atoms with Crippen molar-refractivity contribution < 1.29 is 13.2 Å². The lowest BCUT2D eigenvalue weighted by Gasteiger charge is -2.12. The van der Waals surface area contributed by atoms with Gasteiger partial charge in [0.15, 0.2) is 0 Å². The van der Waals surface area contributed by atoms with E-state index in [0.717, 1.165) is 12.2 Å². The van der Waals surface area contributed by atoms with E-state index in [-0.39, 0.29) is 10.9 Å². The van der Waals surface area contributed by atoms with Crippen molar-refractivity contribution in [1.29, 1.82) is 0 Å². The smallest absolute Gasteiger partial charge is 0.228 e. The first-order chi connectivity index (χ1) is 11.5. The van der Waals surface area contributed by atoms with Crippen LogP contribution >= 0.6 is 11.6 Å². The molecule has 0 saturated carbocycles. The van der Waals surface area contributed by atoms with Crippen molar-refractivity contribution in [1.82, 2.24) is 14.9 Å². The topological polar surface area (TPSA) is 73.2 Å². The van der Waals surface area contributed by atoms with Crippen LogP contribution in [0.15, 0.2) is 35.6 Å². The lowest BCUT2D eigenvalue weighted by Crippen LogP contribution is -2.20. The third-order valence-corrected chi connectivity index (χ3v) is 5.50. The fourth-order valence-electron chi connectivity index (χ4n) is 2.34. The van der Waals surface area contributed by atoms with Crippen LogP contribution in [0.3, 0.4) is 0 Å².